The lowest BCUT2D eigenvalue weighted by atomic mass is 10.0. The van der Waals surface area contributed by atoms with Gasteiger partial charge in [0.15, 0.2) is 0 Å². The number of methoxy groups -OCH3 is 1. The lowest BCUT2D eigenvalue weighted by Crippen LogP contribution is -2.39. The predicted molar refractivity (Wildman–Crippen MR) is 121 cm³/mol. The molecule has 0 saturated carbocycles. The number of rotatable bonds is 6. The second-order valence-corrected chi connectivity index (χ2v) is 9.47. The maximum atomic E-state index is 13.1. The summed E-state index contributed by atoms with van der Waals surface area (Å²) in [6.45, 7) is 2.93. The van der Waals surface area contributed by atoms with Crippen molar-refractivity contribution in [1.82, 2.24) is 14.5 Å². The van der Waals surface area contributed by atoms with Crippen LogP contribution in [-0.4, -0.2) is 49.0 Å². The molecule has 1 aromatic heterocycles. The molecule has 0 radical (unpaired) electrons. The number of imidazole rings is 1. The first-order chi connectivity index (χ1) is 15.4. The minimum atomic E-state index is -3.91. The quantitative estimate of drug-likeness (QED) is 0.616. The Kier molecular flexibility index (Phi) is 6.18. The summed E-state index contributed by atoms with van der Waals surface area (Å²) in [4.78, 5) is 19.1. The third-order valence-corrected chi connectivity index (χ3v) is 7.28. The summed E-state index contributed by atoms with van der Waals surface area (Å²) < 4.78 is 36.1. The van der Waals surface area contributed by atoms with Crippen molar-refractivity contribution in [2.24, 2.45) is 0 Å². The highest BCUT2D eigenvalue weighted by Gasteiger charge is 2.26. The molecule has 2 heterocycles. The summed E-state index contributed by atoms with van der Waals surface area (Å²) in [5, 5.41) is 0. The van der Waals surface area contributed by atoms with E-state index < -0.39 is 10.0 Å². The number of aryl methyl sites for hydroxylation is 1. The number of para-hydroxylation sites is 2. The third-order valence-electron chi connectivity index (χ3n) is 5.77. The first kappa shape index (κ1) is 21.9. The zero-order valence-corrected chi connectivity index (χ0v) is 18.9. The number of sulfonamides is 1. The molecule has 3 aromatic rings. The lowest BCUT2D eigenvalue weighted by molar-refractivity contribution is 0.0694. The van der Waals surface area contributed by atoms with Crippen molar-refractivity contribution in [3.8, 4) is 5.75 Å². The number of aromatic nitrogens is 2. The minimum Gasteiger partial charge on any atom is -0.495 e. The van der Waals surface area contributed by atoms with Crippen LogP contribution in [0, 0.1) is 6.92 Å². The van der Waals surface area contributed by atoms with Gasteiger partial charge < -0.3 is 14.2 Å². The molecular weight excluding hydrogens is 428 g/mol. The number of benzene rings is 2. The van der Waals surface area contributed by atoms with Crippen molar-refractivity contribution >= 4 is 21.6 Å². The van der Waals surface area contributed by atoms with Gasteiger partial charge in [0, 0.05) is 37.1 Å². The van der Waals surface area contributed by atoms with Crippen LogP contribution in [0.5, 0.6) is 5.75 Å². The van der Waals surface area contributed by atoms with Gasteiger partial charge in [-0.15, -0.1) is 0 Å². The molecule has 1 N–H and O–H groups in total. The van der Waals surface area contributed by atoms with Gasteiger partial charge >= 0.3 is 0 Å². The van der Waals surface area contributed by atoms with E-state index in [1.807, 2.05) is 6.20 Å². The summed E-state index contributed by atoms with van der Waals surface area (Å²) in [7, 11) is -2.43. The van der Waals surface area contributed by atoms with E-state index in [-0.39, 0.29) is 10.8 Å². The van der Waals surface area contributed by atoms with Crippen LogP contribution in [-0.2, 0) is 10.0 Å². The average molecular weight is 455 g/mol. The Balaban J connectivity index is 1.53. The molecule has 8 nitrogen and oxygen atoms in total. The second-order valence-electron chi connectivity index (χ2n) is 7.82. The third kappa shape index (κ3) is 4.47. The summed E-state index contributed by atoms with van der Waals surface area (Å²) in [6.07, 6.45) is 7.15. The van der Waals surface area contributed by atoms with Crippen LogP contribution in [0.1, 0.15) is 34.8 Å². The number of nitrogens with zero attached hydrogens (tertiary/aromatic N) is 3. The highest BCUT2D eigenvalue weighted by Crippen LogP contribution is 2.28. The molecule has 4 rings (SSSR count). The molecule has 32 heavy (non-hydrogen) atoms. The molecule has 1 saturated heterocycles. The van der Waals surface area contributed by atoms with Crippen LogP contribution < -0.4 is 9.46 Å². The lowest BCUT2D eigenvalue weighted by Gasteiger charge is -2.32. The number of ether oxygens (including phenoxy) is 1. The zero-order chi connectivity index (χ0) is 22.7. The summed E-state index contributed by atoms with van der Waals surface area (Å²) in [5.41, 5.74) is 1.26. The van der Waals surface area contributed by atoms with Gasteiger partial charge in [-0.05, 0) is 49.6 Å². The van der Waals surface area contributed by atoms with Crippen molar-refractivity contribution in [2.75, 3.05) is 24.9 Å². The largest absolute Gasteiger partial charge is 0.495 e. The fourth-order valence-corrected chi connectivity index (χ4v) is 5.33. The monoisotopic (exact) mass is 454 g/mol. The Bertz CT molecular complexity index is 1200. The van der Waals surface area contributed by atoms with Gasteiger partial charge in [0.05, 0.1) is 24.0 Å². The Morgan fingerprint density at radius 3 is 2.59 bits per heavy atom. The van der Waals surface area contributed by atoms with E-state index in [0.717, 1.165) is 12.8 Å². The molecule has 0 atom stereocenters. The van der Waals surface area contributed by atoms with Crippen LogP contribution in [0.4, 0.5) is 5.69 Å². The molecule has 1 amide bonds. The van der Waals surface area contributed by atoms with Crippen LogP contribution in [0.15, 0.2) is 66.1 Å². The number of nitrogens with one attached hydrogen (secondary N) is 1. The van der Waals surface area contributed by atoms with E-state index >= 15 is 0 Å². The fraction of sp³-hybridized carbons (Fsp3) is 0.304. The fourth-order valence-electron chi connectivity index (χ4n) is 3.99. The number of hydrogen-bond acceptors (Lipinski definition) is 5. The smallest absolute Gasteiger partial charge is 0.262 e. The van der Waals surface area contributed by atoms with Crippen molar-refractivity contribution in [1.29, 1.82) is 0 Å². The number of carbonyl (C=O) groups excluding carboxylic acids is 1. The molecule has 0 unspecified atom stereocenters. The van der Waals surface area contributed by atoms with E-state index in [1.54, 1.807) is 60.7 Å². The Hall–Kier alpha value is -3.33. The number of likely N-dealkylation sites (tertiary alicyclic amines) is 1. The number of anilines is 1. The average Bonchev–Trinajstić information content (AvgIpc) is 3.34. The van der Waals surface area contributed by atoms with Crippen LogP contribution in [0.3, 0.4) is 0 Å². The summed E-state index contributed by atoms with van der Waals surface area (Å²) in [5.74, 6) is 0.254. The van der Waals surface area contributed by atoms with Crippen molar-refractivity contribution < 1.29 is 17.9 Å². The topological polar surface area (TPSA) is 93.5 Å². The van der Waals surface area contributed by atoms with E-state index in [2.05, 4.69) is 14.3 Å². The van der Waals surface area contributed by atoms with Crippen LogP contribution in [0.25, 0.3) is 0 Å². The van der Waals surface area contributed by atoms with E-state index in [4.69, 9.17) is 4.74 Å². The molecular formula is C23H26N4O4S. The number of amides is 1. The first-order valence-electron chi connectivity index (χ1n) is 10.4. The van der Waals surface area contributed by atoms with Crippen LogP contribution in [0.2, 0.25) is 0 Å². The van der Waals surface area contributed by atoms with Gasteiger partial charge in [-0.2, -0.15) is 0 Å². The SMILES string of the molecule is COc1ccccc1NS(=O)(=O)c1cc(C(=O)N2CCC(n3ccnc3)CC2)ccc1C. The normalized spacial score (nSPS) is 14.9. The number of hydrogen-bond donors (Lipinski definition) is 1. The maximum Gasteiger partial charge on any atom is 0.262 e. The predicted octanol–water partition coefficient (Wildman–Crippen LogP) is 3.48. The zero-order valence-electron chi connectivity index (χ0n) is 18.1. The van der Waals surface area contributed by atoms with E-state index in [9.17, 15) is 13.2 Å². The summed E-state index contributed by atoms with van der Waals surface area (Å²) >= 11 is 0. The van der Waals surface area contributed by atoms with E-state index in [0.29, 0.717) is 41.7 Å². The van der Waals surface area contributed by atoms with Crippen LogP contribution >= 0.6 is 0 Å². The van der Waals surface area contributed by atoms with Gasteiger partial charge in [-0.3, -0.25) is 9.52 Å². The molecule has 0 aliphatic carbocycles. The Morgan fingerprint density at radius 1 is 1.16 bits per heavy atom. The van der Waals surface area contributed by atoms with E-state index in [1.165, 1.54) is 13.2 Å². The number of carbonyl (C=O) groups is 1. The molecule has 1 aliphatic heterocycles. The van der Waals surface area contributed by atoms with Crippen molar-refractivity contribution in [2.45, 2.75) is 30.7 Å². The highest BCUT2D eigenvalue weighted by molar-refractivity contribution is 7.92. The minimum absolute atomic E-state index is 0.0718. The Morgan fingerprint density at radius 2 is 1.91 bits per heavy atom. The number of piperidine rings is 1. The molecule has 9 heteroatoms. The van der Waals surface area contributed by atoms with Gasteiger partial charge in [-0.1, -0.05) is 18.2 Å². The molecule has 0 spiro atoms. The Labute approximate surface area is 187 Å². The standard InChI is InChI=1S/C23H26N4O4S/c1-17-7-8-18(23(28)26-12-9-19(10-13-26)27-14-11-24-16-27)15-22(17)32(29,30)25-20-5-3-4-6-21(20)31-2/h3-8,11,14-16,19,25H,9-10,12-13H2,1-2H3. The molecule has 1 aliphatic rings. The first-order valence-corrected chi connectivity index (χ1v) is 11.9. The maximum absolute atomic E-state index is 13.1. The van der Waals surface area contributed by atoms with Gasteiger partial charge in [-0.25, -0.2) is 13.4 Å². The molecule has 168 valence electrons. The van der Waals surface area contributed by atoms with Gasteiger partial charge in [0.1, 0.15) is 5.75 Å². The summed E-state index contributed by atoms with van der Waals surface area (Å²) in [6, 6.07) is 11.9. The molecule has 2 aromatic carbocycles. The second kappa shape index (κ2) is 9.04. The van der Waals surface area contributed by atoms with Crippen molar-refractivity contribution in [3.05, 3.63) is 72.3 Å². The van der Waals surface area contributed by atoms with Gasteiger partial charge in [0.25, 0.3) is 15.9 Å². The molecule has 1 fully saturated rings. The highest BCUT2D eigenvalue weighted by atomic mass is 32.2. The molecule has 0 bridgehead atoms. The van der Waals surface area contributed by atoms with Gasteiger partial charge in [0.2, 0.25) is 0 Å². The van der Waals surface area contributed by atoms with Crippen molar-refractivity contribution in [3.63, 3.8) is 0 Å².